The fraction of sp³-hybridized carbons (Fsp3) is 0.273. The lowest BCUT2D eigenvalue weighted by molar-refractivity contribution is 0.598. The quantitative estimate of drug-likeness (QED) is 0.872. The smallest absolute Gasteiger partial charge is 0.281 e. The highest BCUT2D eigenvalue weighted by atomic mass is 35.5. The van der Waals surface area contributed by atoms with Crippen molar-refractivity contribution in [3.05, 3.63) is 34.5 Å². The number of aryl methyl sites for hydroxylation is 2. The predicted molar refractivity (Wildman–Crippen MR) is 77.7 cm³/mol. The molecule has 2 aromatic heterocycles. The van der Waals surface area contributed by atoms with E-state index in [9.17, 15) is 8.42 Å². The van der Waals surface area contributed by atoms with Crippen LogP contribution in [0.5, 0.6) is 0 Å². The van der Waals surface area contributed by atoms with Crippen LogP contribution in [-0.2, 0) is 16.6 Å². The van der Waals surface area contributed by atoms with E-state index in [0.717, 1.165) is 0 Å². The zero-order valence-electron chi connectivity index (χ0n) is 10.8. The van der Waals surface area contributed by atoms with Crippen LogP contribution in [0.4, 0.5) is 5.69 Å². The Morgan fingerprint density at radius 3 is 2.65 bits per heavy atom. The zero-order valence-corrected chi connectivity index (χ0v) is 13.1. The molecule has 0 aromatic carbocycles. The summed E-state index contributed by atoms with van der Waals surface area (Å²) in [5.74, 6) is 0. The summed E-state index contributed by atoms with van der Waals surface area (Å²) in [7, 11) is -3.81. The molecule has 0 radical (unpaired) electrons. The van der Waals surface area contributed by atoms with Gasteiger partial charge in [-0.25, -0.2) is 9.97 Å². The molecule has 0 bridgehead atoms. The summed E-state index contributed by atoms with van der Waals surface area (Å²) >= 11 is 11.7. The monoisotopic (exact) mass is 334 g/mol. The summed E-state index contributed by atoms with van der Waals surface area (Å²) in [6.07, 6.45) is 2.89. The average Bonchev–Trinajstić information content (AvgIpc) is 2.83. The van der Waals surface area contributed by atoms with E-state index in [1.807, 2.05) is 6.92 Å². The number of nitrogens with one attached hydrogen (secondary N) is 1. The number of pyridine rings is 1. The maximum absolute atomic E-state index is 12.2. The van der Waals surface area contributed by atoms with E-state index in [1.165, 1.54) is 18.6 Å². The summed E-state index contributed by atoms with van der Waals surface area (Å²) in [5.41, 5.74) is 0.774. The van der Waals surface area contributed by atoms with E-state index in [0.29, 0.717) is 12.1 Å². The van der Waals surface area contributed by atoms with Gasteiger partial charge in [-0.3, -0.25) is 4.72 Å². The lowest BCUT2D eigenvalue weighted by Gasteiger charge is -2.10. The first-order chi connectivity index (χ1) is 9.33. The van der Waals surface area contributed by atoms with Crippen LogP contribution in [0.2, 0.25) is 10.3 Å². The van der Waals surface area contributed by atoms with Crippen molar-refractivity contribution in [3.63, 3.8) is 0 Å². The molecule has 2 aromatic rings. The molecule has 1 N–H and O–H groups in total. The SMILES string of the molecule is CCn1cnc(S(=O)(=O)Nc2c(C)cc(Cl)nc2Cl)c1. The van der Waals surface area contributed by atoms with Gasteiger partial charge in [-0.15, -0.1) is 0 Å². The van der Waals surface area contributed by atoms with Crippen LogP contribution >= 0.6 is 23.2 Å². The number of imidazole rings is 1. The largest absolute Gasteiger partial charge is 0.336 e. The number of sulfonamides is 1. The van der Waals surface area contributed by atoms with Gasteiger partial charge in [0.15, 0.2) is 10.2 Å². The molecule has 2 heterocycles. The third-order valence-electron chi connectivity index (χ3n) is 2.63. The Morgan fingerprint density at radius 1 is 1.40 bits per heavy atom. The molecule has 0 aliphatic heterocycles. The Balaban J connectivity index is 2.38. The molecule has 108 valence electrons. The van der Waals surface area contributed by atoms with Gasteiger partial charge in [0.2, 0.25) is 0 Å². The molecule has 6 nitrogen and oxygen atoms in total. The van der Waals surface area contributed by atoms with Gasteiger partial charge >= 0.3 is 0 Å². The highest BCUT2D eigenvalue weighted by Gasteiger charge is 2.20. The molecule has 0 atom stereocenters. The predicted octanol–water partition coefficient (Wildman–Crippen LogP) is 2.71. The van der Waals surface area contributed by atoms with Gasteiger partial charge in [-0.05, 0) is 25.5 Å². The number of hydrogen-bond donors (Lipinski definition) is 1. The van der Waals surface area contributed by atoms with Gasteiger partial charge in [0.25, 0.3) is 10.0 Å². The minimum Gasteiger partial charge on any atom is -0.336 e. The van der Waals surface area contributed by atoms with E-state index < -0.39 is 10.0 Å². The van der Waals surface area contributed by atoms with Gasteiger partial charge in [0.05, 0.1) is 12.0 Å². The number of aromatic nitrogens is 3. The topological polar surface area (TPSA) is 76.9 Å². The Kier molecular flexibility index (Phi) is 4.22. The van der Waals surface area contributed by atoms with Crippen molar-refractivity contribution in [1.29, 1.82) is 0 Å². The number of anilines is 1. The minimum atomic E-state index is -3.81. The summed E-state index contributed by atoms with van der Waals surface area (Å²) in [6.45, 7) is 4.20. The van der Waals surface area contributed by atoms with Crippen molar-refractivity contribution in [3.8, 4) is 0 Å². The number of halogens is 2. The lowest BCUT2D eigenvalue weighted by atomic mass is 10.3. The second kappa shape index (κ2) is 5.59. The van der Waals surface area contributed by atoms with Crippen LogP contribution in [0.15, 0.2) is 23.6 Å². The van der Waals surface area contributed by atoms with Crippen LogP contribution < -0.4 is 4.72 Å². The maximum Gasteiger partial charge on any atom is 0.281 e. The Labute approximate surface area is 126 Å². The average molecular weight is 335 g/mol. The first kappa shape index (κ1) is 15.1. The molecule has 0 fully saturated rings. The molecule has 0 aliphatic carbocycles. The van der Waals surface area contributed by atoms with Crippen molar-refractivity contribution in [1.82, 2.24) is 14.5 Å². The van der Waals surface area contributed by atoms with Crippen molar-refractivity contribution in [2.24, 2.45) is 0 Å². The van der Waals surface area contributed by atoms with Crippen LogP contribution in [0.3, 0.4) is 0 Å². The fourth-order valence-electron chi connectivity index (χ4n) is 1.56. The van der Waals surface area contributed by atoms with E-state index >= 15 is 0 Å². The number of rotatable bonds is 4. The Hall–Kier alpha value is -1.31. The molecule has 2 rings (SSSR count). The normalized spacial score (nSPS) is 11.6. The molecule has 0 unspecified atom stereocenters. The minimum absolute atomic E-state index is 0.00602. The Bertz CT molecular complexity index is 720. The molecular formula is C11H12Cl2N4O2S. The maximum atomic E-state index is 12.2. The fourth-order valence-corrected chi connectivity index (χ4v) is 3.28. The van der Waals surface area contributed by atoms with Crippen molar-refractivity contribution in [2.45, 2.75) is 25.4 Å². The molecular weight excluding hydrogens is 323 g/mol. The first-order valence-electron chi connectivity index (χ1n) is 5.70. The second-order valence-electron chi connectivity index (χ2n) is 4.08. The van der Waals surface area contributed by atoms with Crippen LogP contribution in [0, 0.1) is 6.92 Å². The van der Waals surface area contributed by atoms with E-state index in [4.69, 9.17) is 23.2 Å². The highest BCUT2D eigenvalue weighted by molar-refractivity contribution is 7.92. The van der Waals surface area contributed by atoms with Gasteiger partial charge in [-0.1, -0.05) is 23.2 Å². The van der Waals surface area contributed by atoms with Crippen LogP contribution in [0.1, 0.15) is 12.5 Å². The number of nitrogens with zero attached hydrogens (tertiary/aromatic N) is 3. The van der Waals surface area contributed by atoms with Crippen molar-refractivity contribution in [2.75, 3.05) is 4.72 Å². The summed E-state index contributed by atoms with van der Waals surface area (Å²) in [4.78, 5) is 7.67. The summed E-state index contributed by atoms with van der Waals surface area (Å²) in [6, 6.07) is 1.52. The lowest BCUT2D eigenvalue weighted by Crippen LogP contribution is -2.15. The van der Waals surface area contributed by atoms with Crippen molar-refractivity contribution >= 4 is 38.9 Å². The second-order valence-corrected chi connectivity index (χ2v) is 6.45. The van der Waals surface area contributed by atoms with E-state index in [2.05, 4.69) is 14.7 Å². The van der Waals surface area contributed by atoms with Gasteiger partial charge in [0, 0.05) is 12.7 Å². The Morgan fingerprint density at radius 2 is 2.10 bits per heavy atom. The molecule has 0 saturated heterocycles. The van der Waals surface area contributed by atoms with Crippen molar-refractivity contribution < 1.29 is 8.42 Å². The molecule has 0 amide bonds. The van der Waals surface area contributed by atoms with Gasteiger partial charge in [-0.2, -0.15) is 8.42 Å². The van der Waals surface area contributed by atoms with E-state index in [-0.39, 0.29) is 21.0 Å². The van der Waals surface area contributed by atoms with Gasteiger partial charge < -0.3 is 4.57 Å². The van der Waals surface area contributed by atoms with Crippen LogP contribution in [0.25, 0.3) is 0 Å². The highest BCUT2D eigenvalue weighted by Crippen LogP contribution is 2.28. The molecule has 20 heavy (non-hydrogen) atoms. The molecule has 0 spiro atoms. The third kappa shape index (κ3) is 3.05. The summed E-state index contributed by atoms with van der Waals surface area (Å²) in [5, 5.41) is 0.115. The zero-order chi connectivity index (χ0) is 14.9. The molecule has 0 aliphatic rings. The molecule has 9 heteroatoms. The number of hydrogen-bond acceptors (Lipinski definition) is 4. The third-order valence-corrected chi connectivity index (χ3v) is 4.33. The van der Waals surface area contributed by atoms with Crippen LogP contribution in [-0.4, -0.2) is 23.0 Å². The first-order valence-corrected chi connectivity index (χ1v) is 7.94. The van der Waals surface area contributed by atoms with E-state index in [1.54, 1.807) is 11.5 Å². The van der Waals surface area contributed by atoms with Gasteiger partial charge in [0.1, 0.15) is 5.15 Å². The molecule has 0 saturated carbocycles. The standard InChI is InChI=1S/C11H12Cl2N4O2S/c1-3-17-5-9(14-6-17)20(18,19)16-10-7(2)4-8(12)15-11(10)13/h4-6,16H,3H2,1-2H3. The summed E-state index contributed by atoms with van der Waals surface area (Å²) < 4.78 is 28.5.